The van der Waals surface area contributed by atoms with Gasteiger partial charge in [0.2, 0.25) is 0 Å². The third kappa shape index (κ3) is 6.32. The number of nitrogens with zero attached hydrogens (tertiary/aromatic N) is 1. The molecule has 1 atom stereocenters. The molecule has 2 rings (SSSR count). The molecule has 0 aliphatic carbocycles. The number of aliphatic imine (C=N–C) groups is 1. The van der Waals surface area contributed by atoms with Crippen LogP contribution < -0.4 is 10.6 Å². The van der Waals surface area contributed by atoms with Crippen molar-refractivity contribution < 1.29 is 4.39 Å². The Labute approximate surface area is 155 Å². The van der Waals surface area contributed by atoms with Crippen LogP contribution >= 0.6 is 51.7 Å². The minimum absolute atomic E-state index is 0. The van der Waals surface area contributed by atoms with Gasteiger partial charge in [0.05, 0.1) is 4.47 Å². The summed E-state index contributed by atoms with van der Waals surface area (Å²) in [6, 6.07) is 5.62. The Kier molecular flexibility index (Phi) is 8.96. The lowest BCUT2D eigenvalue weighted by molar-refractivity contribution is 0.581. The fraction of sp³-hybridized carbons (Fsp3) is 0.500. The highest BCUT2D eigenvalue weighted by molar-refractivity contribution is 14.0. The SMILES string of the molecule is CN=C(NCc1ccc(Br)c(F)c1)NC1CCCSC1.I. The van der Waals surface area contributed by atoms with Crippen molar-refractivity contribution >= 4 is 57.6 Å². The highest BCUT2D eigenvalue weighted by Crippen LogP contribution is 2.17. The second kappa shape index (κ2) is 9.89. The van der Waals surface area contributed by atoms with Crippen LogP contribution in [-0.2, 0) is 6.54 Å². The zero-order valence-corrected chi connectivity index (χ0v) is 16.6. The van der Waals surface area contributed by atoms with Crippen LogP contribution in [0, 0.1) is 5.82 Å². The van der Waals surface area contributed by atoms with Crippen LogP contribution in [0.3, 0.4) is 0 Å². The maximum Gasteiger partial charge on any atom is 0.191 e. The second-order valence-corrected chi connectivity index (χ2v) is 6.74. The number of hydrogen-bond donors (Lipinski definition) is 2. The van der Waals surface area contributed by atoms with Crippen LogP contribution in [0.4, 0.5) is 4.39 Å². The average molecular weight is 488 g/mol. The first-order valence-electron chi connectivity index (χ1n) is 6.68. The molecule has 3 nitrogen and oxygen atoms in total. The van der Waals surface area contributed by atoms with Crippen molar-refractivity contribution in [2.45, 2.75) is 25.4 Å². The molecule has 7 heteroatoms. The lowest BCUT2D eigenvalue weighted by Crippen LogP contribution is -2.45. The molecule has 0 spiro atoms. The molecule has 1 aromatic carbocycles. The Bertz CT molecular complexity index is 481. The smallest absolute Gasteiger partial charge is 0.191 e. The van der Waals surface area contributed by atoms with Crippen molar-refractivity contribution in [1.82, 2.24) is 10.6 Å². The quantitative estimate of drug-likeness (QED) is 0.387. The van der Waals surface area contributed by atoms with Gasteiger partial charge in [-0.1, -0.05) is 6.07 Å². The molecule has 1 aliphatic rings. The summed E-state index contributed by atoms with van der Waals surface area (Å²) < 4.78 is 13.9. The van der Waals surface area contributed by atoms with E-state index in [0.717, 1.165) is 17.3 Å². The van der Waals surface area contributed by atoms with E-state index in [-0.39, 0.29) is 29.8 Å². The normalized spacial score (nSPS) is 18.8. The predicted molar refractivity (Wildman–Crippen MR) is 103 cm³/mol. The first-order chi connectivity index (χ1) is 9.69. The molecule has 118 valence electrons. The van der Waals surface area contributed by atoms with Gasteiger partial charge >= 0.3 is 0 Å². The predicted octanol–water partition coefficient (Wildman–Crippen LogP) is 3.77. The van der Waals surface area contributed by atoms with E-state index >= 15 is 0 Å². The molecular formula is C14H20BrFIN3S. The topological polar surface area (TPSA) is 36.4 Å². The summed E-state index contributed by atoms with van der Waals surface area (Å²) in [5.41, 5.74) is 0.895. The van der Waals surface area contributed by atoms with Crippen molar-refractivity contribution in [3.05, 3.63) is 34.1 Å². The van der Waals surface area contributed by atoms with E-state index in [1.807, 2.05) is 17.8 Å². The number of rotatable bonds is 3. The van der Waals surface area contributed by atoms with Gasteiger partial charge in [-0.3, -0.25) is 4.99 Å². The molecule has 21 heavy (non-hydrogen) atoms. The molecule has 0 radical (unpaired) electrons. The molecule has 1 heterocycles. The summed E-state index contributed by atoms with van der Waals surface area (Å²) in [5, 5.41) is 6.64. The van der Waals surface area contributed by atoms with Gasteiger partial charge in [-0.15, -0.1) is 24.0 Å². The van der Waals surface area contributed by atoms with Gasteiger partial charge < -0.3 is 10.6 Å². The van der Waals surface area contributed by atoms with E-state index in [1.54, 1.807) is 13.1 Å². The molecule has 0 amide bonds. The number of hydrogen-bond acceptors (Lipinski definition) is 2. The molecule has 1 fully saturated rings. The molecule has 1 unspecified atom stereocenters. The largest absolute Gasteiger partial charge is 0.353 e. The number of nitrogens with one attached hydrogen (secondary N) is 2. The van der Waals surface area contributed by atoms with Crippen LogP contribution in [0.1, 0.15) is 18.4 Å². The lowest BCUT2D eigenvalue weighted by Gasteiger charge is -2.24. The molecule has 1 aliphatic heterocycles. The fourth-order valence-electron chi connectivity index (χ4n) is 2.08. The van der Waals surface area contributed by atoms with E-state index in [9.17, 15) is 4.39 Å². The molecule has 1 saturated heterocycles. The number of halogens is 3. The van der Waals surface area contributed by atoms with Gasteiger partial charge in [0.15, 0.2) is 5.96 Å². The van der Waals surface area contributed by atoms with Crippen LogP contribution in [0.15, 0.2) is 27.7 Å². The highest BCUT2D eigenvalue weighted by Gasteiger charge is 2.14. The maximum atomic E-state index is 13.4. The second-order valence-electron chi connectivity index (χ2n) is 4.73. The summed E-state index contributed by atoms with van der Waals surface area (Å²) in [4.78, 5) is 4.22. The van der Waals surface area contributed by atoms with Gasteiger partial charge in [-0.25, -0.2) is 4.39 Å². The third-order valence-corrected chi connectivity index (χ3v) is 5.03. The fourth-order valence-corrected chi connectivity index (χ4v) is 3.40. The summed E-state index contributed by atoms with van der Waals surface area (Å²) in [7, 11) is 1.76. The maximum absolute atomic E-state index is 13.4. The first-order valence-corrected chi connectivity index (χ1v) is 8.62. The monoisotopic (exact) mass is 487 g/mol. The van der Waals surface area contributed by atoms with Crippen LogP contribution in [0.25, 0.3) is 0 Å². The van der Waals surface area contributed by atoms with Crippen molar-refractivity contribution in [2.75, 3.05) is 18.6 Å². The Morgan fingerprint density at radius 3 is 2.95 bits per heavy atom. The molecule has 0 saturated carbocycles. The van der Waals surface area contributed by atoms with E-state index in [0.29, 0.717) is 17.1 Å². The zero-order chi connectivity index (χ0) is 14.4. The van der Waals surface area contributed by atoms with Crippen LogP contribution in [0.2, 0.25) is 0 Å². The number of benzene rings is 1. The summed E-state index contributed by atoms with van der Waals surface area (Å²) in [6.45, 7) is 0.559. The number of guanidine groups is 1. The van der Waals surface area contributed by atoms with Gasteiger partial charge in [-0.05, 0) is 52.2 Å². The Morgan fingerprint density at radius 1 is 1.52 bits per heavy atom. The van der Waals surface area contributed by atoms with E-state index in [2.05, 4.69) is 31.6 Å². The van der Waals surface area contributed by atoms with Crippen LogP contribution in [-0.4, -0.2) is 30.6 Å². The average Bonchev–Trinajstić information content (AvgIpc) is 2.48. The van der Waals surface area contributed by atoms with Crippen molar-refractivity contribution in [3.8, 4) is 0 Å². The minimum Gasteiger partial charge on any atom is -0.353 e. The summed E-state index contributed by atoms with van der Waals surface area (Å²) >= 11 is 5.13. The molecule has 0 aromatic heterocycles. The van der Waals surface area contributed by atoms with Crippen molar-refractivity contribution in [1.29, 1.82) is 0 Å². The third-order valence-electron chi connectivity index (χ3n) is 3.17. The van der Waals surface area contributed by atoms with Gasteiger partial charge in [0.25, 0.3) is 0 Å². The van der Waals surface area contributed by atoms with Crippen LogP contribution in [0.5, 0.6) is 0 Å². The summed E-state index contributed by atoms with van der Waals surface area (Å²) in [5.74, 6) is 2.91. The lowest BCUT2D eigenvalue weighted by atomic mass is 10.2. The Hall–Kier alpha value is -0.0200. The summed E-state index contributed by atoms with van der Waals surface area (Å²) in [6.07, 6.45) is 2.43. The molecular weight excluding hydrogens is 468 g/mol. The molecule has 2 N–H and O–H groups in total. The van der Waals surface area contributed by atoms with Gasteiger partial charge in [0, 0.05) is 25.4 Å². The van der Waals surface area contributed by atoms with Gasteiger partial charge in [-0.2, -0.15) is 11.8 Å². The van der Waals surface area contributed by atoms with E-state index < -0.39 is 0 Å². The van der Waals surface area contributed by atoms with E-state index in [4.69, 9.17) is 0 Å². The molecule has 0 bridgehead atoms. The minimum atomic E-state index is -0.240. The first kappa shape index (κ1) is 19.0. The Morgan fingerprint density at radius 2 is 2.33 bits per heavy atom. The zero-order valence-electron chi connectivity index (χ0n) is 11.9. The molecule has 1 aromatic rings. The van der Waals surface area contributed by atoms with Gasteiger partial charge in [0.1, 0.15) is 5.82 Å². The highest BCUT2D eigenvalue weighted by atomic mass is 127. The standard InChI is InChI=1S/C14H19BrFN3S.HI/c1-17-14(19-11-3-2-6-20-9-11)18-8-10-4-5-12(15)13(16)7-10;/h4-5,7,11H,2-3,6,8-9H2,1H3,(H2,17,18,19);1H. The number of thioether (sulfide) groups is 1. The van der Waals surface area contributed by atoms with Crippen molar-refractivity contribution in [3.63, 3.8) is 0 Å². The van der Waals surface area contributed by atoms with Crippen molar-refractivity contribution in [2.24, 2.45) is 4.99 Å². The Balaban J connectivity index is 0.00000220. The van der Waals surface area contributed by atoms with E-state index in [1.165, 1.54) is 24.7 Å².